The molecule has 2 N–H and O–H groups in total. The number of carbonyl (C=O) groups excluding carboxylic acids is 2. The van der Waals surface area contributed by atoms with E-state index < -0.39 is 11.0 Å². The van der Waals surface area contributed by atoms with Crippen molar-refractivity contribution in [3.63, 3.8) is 0 Å². The summed E-state index contributed by atoms with van der Waals surface area (Å²) in [4.78, 5) is 30.9. The van der Waals surface area contributed by atoms with Crippen LogP contribution in [0.2, 0.25) is 0 Å². The van der Waals surface area contributed by atoms with Crippen molar-refractivity contribution in [2.45, 2.75) is 6.92 Å². The molecule has 0 aromatic heterocycles. The number of urea groups is 1. The highest BCUT2D eigenvalue weighted by Gasteiger charge is 2.10. The molecule has 0 radical (unpaired) electrons. The van der Waals surface area contributed by atoms with Crippen LogP contribution >= 0.6 is 0 Å². The van der Waals surface area contributed by atoms with Crippen molar-refractivity contribution in [2.24, 2.45) is 0 Å². The van der Waals surface area contributed by atoms with Gasteiger partial charge >= 0.3 is 6.03 Å². The average molecular weight is 223 g/mol. The SMILES string of the molecule is Cc1ccc([N+](=O)[O-])cc1NC(=O)NC=O. The minimum absolute atomic E-state index is 0.132. The van der Waals surface area contributed by atoms with Crippen molar-refractivity contribution in [1.29, 1.82) is 0 Å². The predicted octanol–water partition coefficient (Wildman–Crippen LogP) is 1.18. The summed E-state index contributed by atoms with van der Waals surface area (Å²) < 4.78 is 0. The van der Waals surface area contributed by atoms with Crippen molar-refractivity contribution in [2.75, 3.05) is 5.32 Å². The van der Waals surface area contributed by atoms with E-state index >= 15 is 0 Å². The lowest BCUT2D eigenvalue weighted by Gasteiger charge is -2.06. The lowest BCUT2D eigenvalue weighted by molar-refractivity contribution is -0.384. The number of carbonyl (C=O) groups is 2. The first-order valence-electron chi connectivity index (χ1n) is 4.31. The van der Waals surface area contributed by atoms with Crippen LogP contribution in [-0.2, 0) is 4.79 Å². The molecule has 0 unspecified atom stereocenters. The molecule has 0 saturated heterocycles. The quantitative estimate of drug-likeness (QED) is 0.456. The van der Waals surface area contributed by atoms with E-state index in [2.05, 4.69) is 5.32 Å². The number of hydrogen-bond donors (Lipinski definition) is 2. The van der Waals surface area contributed by atoms with E-state index in [0.717, 1.165) is 0 Å². The van der Waals surface area contributed by atoms with Crippen LogP contribution in [0.4, 0.5) is 16.2 Å². The maximum Gasteiger partial charge on any atom is 0.325 e. The van der Waals surface area contributed by atoms with Gasteiger partial charge in [0.2, 0.25) is 6.41 Å². The molecule has 1 rings (SSSR count). The van der Waals surface area contributed by atoms with E-state index in [1.54, 1.807) is 6.92 Å². The Morgan fingerprint density at radius 3 is 2.75 bits per heavy atom. The van der Waals surface area contributed by atoms with Gasteiger partial charge in [0.1, 0.15) is 0 Å². The van der Waals surface area contributed by atoms with Gasteiger partial charge in [-0.15, -0.1) is 0 Å². The van der Waals surface area contributed by atoms with Crippen molar-refractivity contribution in [3.05, 3.63) is 33.9 Å². The number of imide groups is 1. The third-order valence-corrected chi connectivity index (χ3v) is 1.87. The minimum Gasteiger partial charge on any atom is -0.307 e. The molecule has 7 nitrogen and oxygen atoms in total. The minimum atomic E-state index is -0.737. The van der Waals surface area contributed by atoms with E-state index in [0.29, 0.717) is 5.56 Å². The summed E-state index contributed by atoms with van der Waals surface area (Å²) in [6, 6.07) is 3.32. The number of benzene rings is 1. The molecule has 0 aliphatic heterocycles. The third-order valence-electron chi connectivity index (χ3n) is 1.87. The molecule has 84 valence electrons. The highest BCUT2D eigenvalue weighted by Crippen LogP contribution is 2.21. The van der Waals surface area contributed by atoms with Crippen molar-refractivity contribution >= 4 is 23.8 Å². The van der Waals surface area contributed by atoms with Crippen molar-refractivity contribution in [1.82, 2.24) is 5.32 Å². The summed E-state index contributed by atoms with van der Waals surface area (Å²) in [5.41, 5.74) is 0.812. The van der Waals surface area contributed by atoms with Crippen molar-refractivity contribution < 1.29 is 14.5 Å². The molecule has 0 spiro atoms. The van der Waals surface area contributed by atoms with Gasteiger partial charge in [0.05, 0.1) is 10.6 Å². The Balaban J connectivity index is 2.94. The summed E-state index contributed by atoms with van der Waals surface area (Å²) in [6.07, 6.45) is 0.224. The number of anilines is 1. The fourth-order valence-corrected chi connectivity index (χ4v) is 1.07. The Morgan fingerprint density at radius 1 is 1.50 bits per heavy atom. The maximum absolute atomic E-state index is 11.0. The molecule has 0 saturated carbocycles. The number of hydrogen-bond acceptors (Lipinski definition) is 4. The number of aryl methyl sites for hydroxylation is 1. The third kappa shape index (κ3) is 2.77. The first-order valence-corrected chi connectivity index (χ1v) is 4.31. The second-order valence-electron chi connectivity index (χ2n) is 2.97. The van der Waals surface area contributed by atoms with Gasteiger partial charge in [0.15, 0.2) is 0 Å². The molecular weight excluding hydrogens is 214 g/mol. The first kappa shape index (κ1) is 11.6. The first-order chi connectivity index (χ1) is 7.54. The second-order valence-corrected chi connectivity index (χ2v) is 2.97. The Labute approximate surface area is 90.6 Å². The highest BCUT2D eigenvalue weighted by atomic mass is 16.6. The number of amides is 3. The van der Waals surface area contributed by atoms with Gasteiger partial charge in [-0.25, -0.2) is 4.79 Å². The number of nitrogens with zero attached hydrogens (tertiary/aromatic N) is 1. The van der Waals surface area contributed by atoms with Crippen LogP contribution in [0, 0.1) is 17.0 Å². The number of rotatable bonds is 3. The van der Waals surface area contributed by atoms with E-state index in [-0.39, 0.29) is 17.8 Å². The van der Waals surface area contributed by atoms with E-state index in [9.17, 15) is 19.7 Å². The van der Waals surface area contributed by atoms with Gasteiger partial charge < -0.3 is 5.32 Å². The van der Waals surface area contributed by atoms with E-state index in [1.807, 2.05) is 5.32 Å². The fourth-order valence-electron chi connectivity index (χ4n) is 1.07. The van der Waals surface area contributed by atoms with Gasteiger partial charge in [0, 0.05) is 12.1 Å². The second kappa shape index (κ2) is 4.87. The van der Waals surface area contributed by atoms with Crippen LogP contribution in [0.15, 0.2) is 18.2 Å². The van der Waals surface area contributed by atoms with Crippen LogP contribution in [0.3, 0.4) is 0 Å². The molecule has 7 heteroatoms. The highest BCUT2D eigenvalue weighted by molar-refractivity contribution is 5.96. The molecule has 0 aliphatic carbocycles. The van der Waals surface area contributed by atoms with Gasteiger partial charge in [-0.2, -0.15) is 0 Å². The van der Waals surface area contributed by atoms with Crippen LogP contribution in [0.5, 0.6) is 0 Å². The lowest BCUT2D eigenvalue weighted by atomic mass is 10.2. The smallest absolute Gasteiger partial charge is 0.307 e. The van der Waals surface area contributed by atoms with E-state index in [1.165, 1.54) is 18.2 Å². The average Bonchev–Trinajstić information content (AvgIpc) is 2.21. The monoisotopic (exact) mass is 223 g/mol. The zero-order chi connectivity index (χ0) is 12.1. The topological polar surface area (TPSA) is 101 Å². The predicted molar refractivity (Wildman–Crippen MR) is 56.1 cm³/mol. The zero-order valence-corrected chi connectivity index (χ0v) is 8.39. The standard InChI is InChI=1S/C9H9N3O4/c1-6-2-3-7(12(15)16)4-8(6)11-9(14)10-5-13/h2-5H,1H3,(H2,10,11,13,14). The summed E-state index contributed by atoms with van der Waals surface area (Å²) in [7, 11) is 0. The molecule has 1 aromatic carbocycles. The van der Waals surface area contributed by atoms with Crippen molar-refractivity contribution in [3.8, 4) is 0 Å². The molecule has 0 atom stereocenters. The lowest BCUT2D eigenvalue weighted by Crippen LogP contribution is -2.27. The molecule has 1 aromatic rings. The summed E-state index contributed by atoms with van der Waals surface area (Å²) >= 11 is 0. The normalized spacial score (nSPS) is 9.31. The molecule has 0 bridgehead atoms. The summed E-state index contributed by atoms with van der Waals surface area (Å²) in [5.74, 6) is 0. The molecule has 0 fully saturated rings. The van der Waals surface area contributed by atoms with Gasteiger partial charge in [-0.3, -0.25) is 20.2 Å². The Kier molecular flexibility index (Phi) is 3.54. The van der Waals surface area contributed by atoms with Crippen LogP contribution in [-0.4, -0.2) is 17.4 Å². The maximum atomic E-state index is 11.0. The molecular formula is C9H9N3O4. The van der Waals surface area contributed by atoms with Crippen LogP contribution in [0.1, 0.15) is 5.56 Å². The number of nitro benzene ring substituents is 1. The Bertz CT molecular complexity index is 444. The molecule has 0 heterocycles. The number of nitrogens with one attached hydrogen (secondary N) is 2. The zero-order valence-electron chi connectivity index (χ0n) is 8.39. The van der Waals surface area contributed by atoms with Crippen LogP contribution < -0.4 is 10.6 Å². The fraction of sp³-hybridized carbons (Fsp3) is 0.111. The van der Waals surface area contributed by atoms with Gasteiger partial charge in [-0.1, -0.05) is 6.07 Å². The van der Waals surface area contributed by atoms with Crippen LogP contribution in [0.25, 0.3) is 0 Å². The Morgan fingerprint density at radius 2 is 2.19 bits per heavy atom. The summed E-state index contributed by atoms with van der Waals surface area (Å²) in [5, 5.41) is 14.7. The van der Waals surface area contributed by atoms with Gasteiger partial charge in [-0.05, 0) is 12.5 Å². The Hall–Kier alpha value is -2.44. The molecule has 0 aliphatic rings. The molecule has 16 heavy (non-hydrogen) atoms. The van der Waals surface area contributed by atoms with Gasteiger partial charge in [0.25, 0.3) is 5.69 Å². The molecule has 3 amide bonds. The number of non-ortho nitro benzene ring substituents is 1. The summed E-state index contributed by atoms with van der Waals surface area (Å²) in [6.45, 7) is 1.68. The largest absolute Gasteiger partial charge is 0.325 e. The number of nitro groups is 1. The van der Waals surface area contributed by atoms with E-state index in [4.69, 9.17) is 0 Å².